The number of carbonyl (C=O) groups excluding carboxylic acids is 2. The number of likely N-dealkylation sites (tertiary alicyclic amines) is 1. The Kier molecular flexibility index (Phi) is 1.35. The number of allylic oxidation sites excluding steroid dienone is 4. The van der Waals surface area contributed by atoms with Crippen LogP contribution in [0.5, 0.6) is 0 Å². The lowest BCUT2D eigenvalue weighted by molar-refractivity contribution is -0.138. The molecule has 3 nitrogen and oxygen atoms in total. The van der Waals surface area contributed by atoms with Gasteiger partial charge >= 0.3 is 0 Å². The number of rotatable bonds is 0. The maximum Gasteiger partial charge on any atom is 0.233 e. The summed E-state index contributed by atoms with van der Waals surface area (Å²) in [5, 5.41) is 0. The second kappa shape index (κ2) is 2.47. The molecular formula is C13H13NO2. The summed E-state index contributed by atoms with van der Waals surface area (Å²) in [6, 6.07) is 0. The van der Waals surface area contributed by atoms with Crippen LogP contribution in [-0.4, -0.2) is 23.8 Å². The highest BCUT2D eigenvalue weighted by Gasteiger charge is 2.61. The van der Waals surface area contributed by atoms with Crippen LogP contribution in [0.3, 0.4) is 0 Å². The molecule has 1 saturated heterocycles. The summed E-state index contributed by atoms with van der Waals surface area (Å²) in [5.41, 5.74) is 0. The van der Waals surface area contributed by atoms with Gasteiger partial charge < -0.3 is 0 Å². The Morgan fingerprint density at radius 3 is 1.56 bits per heavy atom. The molecule has 1 heterocycles. The first kappa shape index (κ1) is 8.74. The fraction of sp³-hybridized carbons (Fsp3) is 0.538. The Morgan fingerprint density at radius 2 is 1.19 bits per heavy atom. The molecule has 0 aromatic heterocycles. The third-order valence-corrected chi connectivity index (χ3v) is 4.89. The van der Waals surface area contributed by atoms with Crippen molar-refractivity contribution in [2.75, 3.05) is 7.05 Å². The first-order valence-electron chi connectivity index (χ1n) is 5.88. The van der Waals surface area contributed by atoms with Crippen molar-refractivity contribution >= 4 is 11.8 Å². The fourth-order valence-electron chi connectivity index (χ4n) is 4.04. The number of nitrogens with zero attached hydrogens (tertiary/aromatic N) is 1. The Morgan fingerprint density at radius 1 is 0.812 bits per heavy atom. The summed E-state index contributed by atoms with van der Waals surface area (Å²) in [6.07, 6.45) is 8.75. The van der Waals surface area contributed by atoms with Crippen molar-refractivity contribution in [1.82, 2.24) is 4.90 Å². The summed E-state index contributed by atoms with van der Waals surface area (Å²) >= 11 is 0. The van der Waals surface area contributed by atoms with Gasteiger partial charge in [-0.2, -0.15) is 0 Å². The van der Waals surface area contributed by atoms with Crippen LogP contribution < -0.4 is 0 Å². The Balaban J connectivity index is 1.87. The molecule has 2 amide bonds. The second-order valence-corrected chi connectivity index (χ2v) is 5.37. The van der Waals surface area contributed by atoms with Crippen LogP contribution in [0, 0.1) is 35.5 Å². The van der Waals surface area contributed by atoms with Crippen LogP contribution >= 0.6 is 0 Å². The van der Waals surface area contributed by atoms with Crippen LogP contribution in [0.25, 0.3) is 0 Å². The molecule has 5 aliphatic rings. The van der Waals surface area contributed by atoms with Gasteiger partial charge in [0.1, 0.15) is 0 Å². The van der Waals surface area contributed by atoms with Gasteiger partial charge in [0.25, 0.3) is 0 Å². The van der Waals surface area contributed by atoms with E-state index in [1.807, 2.05) is 0 Å². The molecule has 0 radical (unpaired) electrons. The maximum atomic E-state index is 12.1. The van der Waals surface area contributed by atoms with E-state index in [1.165, 1.54) is 4.90 Å². The number of amides is 2. The van der Waals surface area contributed by atoms with Gasteiger partial charge in [0.15, 0.2) is 0 Å². The SMILES string of the molecule is CN1C(=O)[C@@H]2[C@@H]3C=C[C@@H]([C@H]4C=C[C@H]43)[C@@H]2C1=O. The molecule has 0 spiro atoms. The van der Waals surface area contributed by atoms with E-state index < -0.39 is 0 Å². The maximum absolute atomic E-state index is 12.1. The number of hydrogen-bond acceptors (Lipinski definition) is 2. The van der Waals surface area contributed by atoms with E-state index in [2.05, 4.69) is 24.3 Å². The average Bonchev–Trinajstić information content (AvgIpc) is 2.45. The lowest BCUT2D eigenvalue weighted by Crippen LogP contribution is -2.50. The van der Waals surface area contributed by atoms with Gasteiger partial charge in [0.05, 0.1) is 11.8 Å². The number of imide groups is 1. The van der Waals surface area contributed by atoms with E-state index in [-0.39, 0.29) is 35.5 Å². The fourth-order valence-corrected chi connectivity index (χ4v) is 4.04. The van der Waals surface area contributed by atoms with E-state index in [1.54, 1.807) is 7.05 Å². The van der Waals surface area contributed by atoms with E-state index in [0.717, 1.165) is 0 Å². The highest BCUT2D eigenvalue weighted by Crippen LogP contribution is 2.58. The minimum atomic E-state index is -0.0706. The quantitative estimate of drug-likeness (QED) is 0.443. The Bertz CT molecular complexity index is 425. The topological polar surface area (TPSA) is 37.4 Å². The average molecular weight is 215 g/mol. The number of carbonyl (C=O) groups is 2. The highest BCUT2D eigenvalue weighted by molar-refractivity contribution is 6.05. The van der Waals surface area contributed by atoms with Crippen LogP contribution in [0.1, 0.15) is 0 Å². The molecular weight excluding hydrogens is 202 g/mol. The third kappa shape index (κ3) is 0.721. The standard InChI is InChI=1S/C13H13NO2/c1-14-12(15)10-8-4-5-9(11(10)13(14)16)7-3-2-6(7)8/h2-11H,1H3/t6-,7+,8-,9+,10-,11+. The Labute approximate surface area is 93.8 Å². The smallest absolute Gasteiger partial charge is 0.233 e. The summed E-state index contributed by atoms with van der Waals surface area (Å²) in [4.78, 5) is 25.5. The molecule has 3 heteroatoms. The molecule has 0 aromatic rings. The Hall–Kier alpha value is -1.38. The van der Waals surface area contributed by atoms with E-state index in [4.69, 9.17) is 0 Å². The first-order chi connectivity index (χ1) is 7.70. The lowest BCUT2D eigenvalue weighted by Gasteiger charge is -2.51. The predicted octanol–water partition coefficient (Wildman–Crippen LogP) is 0.835. The largest absolute Gasteiger partial charge is 0.285 e. The molecule has 2 fully saturated rings. The zero-order chi connectivity index (χ0) is 11.0. The molecule has 0 N–H and O–H groups in total. The van der Waals surface area contributed by atoms with Crippen LogP contribution in [-0.2, 0) is 9.59 Å². The molecule has 5 rings (SSSR count). The van der Waals surface area contributed by atoms with Gasteiger partial charge in [-0.3, -0.25) is 14.5 Å². The minimum absolute atomic E-state index is 0.0353. The first-order valence-corrected chi connectivity index (χ1v) is 5.88. The third-order valence-electron chi connectivity index (χ3n) is 4.89. The number of hydrogen-bond donors (Lipinski definition) is 0. The molecule has 4 aliphatic carbocycles. The molecule has 82 valence electrons. The van der Waals surface area contributed by atoms with Crippen molar-refractivity contribution in [3.63, 3.8) is 0 Å². The second-order valence-electron chi connectivity index (χ2n) is 5.37. The zero-order valence-electron chi connectivity index (χ0n) is 9.04. The summed E-state index contributed by atoms with van der Waals surface area (Å²) < 4.78 is 0. The summed E-state index contributed by atoms with van der Waals surface area (Å²) in [5.74, 6) is 1.50. The van der Waals surface area contributed by atoms with Crippen molar-refractivity contribution in [2.45, 2.75) is 0 Å². The van der Waals surface area contributed by atoms with Crippen molar-refractivity contribution in [3.8, 4) is 0 Å². The molecule has 0 aromatic carbocycles. The highest BCUT2D eigenvalue weighted by atomic mass is 16.2. The van der Waals surface area contributed by atoms with E-state index in [9.17, 15) is 9.59 Å². The van der Waals surface area contributed by atoms with Crippen LogP contribution in [0.15, 0.2) is 24.3 Å². The molecule has 2 bridgehead atoms. The monoisotopic (exact) mass is 215 g/mol. The van der Waals surface area contributed by atoms with Crippen molar-refractivity contribution < 1.29 is 9.59 Å². The lowest BCUT2D eigenvalue weighted by atomic mass is 9.50. The van der Waals surface area contributed by atoms with Gasteiger partial charge in [0.2, 0.25) is 11.8 Å². The minimum Gasteiger partial charge on any atom is -0.285 e. The van der Waals surface area contributed by atoms with Gasteiger partial charge in [-0.15, -0.1) is 0 Å². The molecule has 0 unspecified atom stereocenters. The summed E-state index contributed by atoms with van der Waals surface area (Å²) in [7, 11) is 1.62. The van der Waals surface area contributed by atoms with Gasteiger partial charge in [-0.05, 0) is 23.7 Å². The predicted molar refractivity (Wildman–Crippen MR) is 57.0 cm³/mol. The molecule has 1 aliphatic heterocycles. The molecule has 1 saturated carbocycles. The van der Waals surface area contributed by atoms with Gasteiger partial charge in [0, 0.05) is 7.05 Å². The van der Waals surface area contributed by atoms with E-state index in [0.29, 0.717) is 11.8 Å². The van der Waals surface area contributed by atoms with Crippen LogP contribution in [0.4, 0.5) is 0 Å². The zero-order valence-corrected chi connectivity index (χ0v) is 9.04. The molecule has 6 atom stereocenters. The van der Waals surface area contributed by atoms with E-state index >= 15 is 0 Å². The van der Waals surface area contributed by atoms with Crippen LogP contribution in [0.2, 0.25) is 0 Å². The molecule has 16 heavy (non-hydrogen) atoms. The van der Waals surface area contributed by atoms with Gasteiger partial charge in [-0.1, -0.05) is 24.3 Å². The van der Waals surface area contributed by atoms with Gasteiger partial charge in [-0.25, -0.2) is 0 Å². The van der Waals surface area contributed by atoms with Crippen molar-refractivity contribution in [2.24, 2.45) is 35.5 Å². The van der Waals surface area contributed by atoms with Crippen molar-refractivity contribution in [3.05, 3.63) is 24.3 Å². The normalized spacial score (nSPS) is 51.7. The van der Waals surface area contributed by atoms with Crippen molar-refractivity contribution in [1.29, 1.82) is 0 Å². The summed E-state index contributed by atoms with van der Waals surface area (Å²) in [6.45, 7) is 0.